The maximum absolute atomic E-state index is 9.52. The van der Waals surface area contributed by atoms with Crippen molar-refractivity contribution in [3.63, 3.8) is 0 Å². The summed E-state index contributed by atoms with van der Waals surface area (Å²) in [6, 6.07) is 5.34. The molecule has 1 atom stereocenters. The Labute approximate surface area is 89.6 Å². The Morgan fingerprint density at radius 3 is 3.07 bits per heavy atom. The van der Waals surface area contributed by atoms with Gasteiger partial charge in [-0.15, -0.1) is 0 Å². The zero-order valence-electron chi connectivity index (χ0n) is 8.90. The maximum atomic E-state index is 9.52. The Hall–Kier alpha value is -1.22. The lowest BCUT2D eigenvalue weighted by molar-refractivity contribution is 0.00707. The Morgan fingerprint density at radius 1 is 1.47 bits per heavy atom. The minimum atomic E-state index is 0.124. The Balaban J connectivity index is 2.06. The predicted molar refractivity (Wildman–Crippen MR) is 57.3 cm³/mol. The number of phenols is 1. The van der Waals surface area contributed by atoms with Crippen molar-refractivity contribution < 1.29 is 14.6 Å². The summed E-state index contributed by atoms with van der Waals surface area (Å²) in [7, 11) is 0. The van der Waals surface area contributed by atoms with E-state index in [1.54, 1.807) is 12.1 Å². The van der Waals surface area contributed by atoms with Crippen LogP contribution >= 0.6 is 0 Å². The SMILES string of the molecule is Cc1c(O)cccc1OC1CCCOC1. The first-order chi connectivity index (χ1) is 7.27. The molecule has 1 aliphatic rings. The van der Waals surface area contributed by atoms with Gasteiger partial charge in [-0.05, 0) is 31.9 Å². The van der Waals surface area contributed by atoms with Crippen LogP contribution in [0.1, 0.15) is 18.4 Å². The van der Waals surface area contributed by atoms with E-state index in [9.17, 15) is 5.11 Å². The van der Waals surface area contributed by atoms with E-state index < -0.39 is 0 Å². The summed E-state index contributed by atoms with van der Waals surface area (Å²) in [6.45, 7) is 3.34. The molecule has 82 valence electrons. The van der Waals surface area contributed by atoms with E-state index in [-0.39, 0.29) is 11.9 Å². The molecule has 1 unspecified atom stereocenters. The zero-order valence-corrected chi connectivity index (χ0v) is 8.90. The van der Waals surface area contributed by atoms with Crippen LogP contribution in [0.3, 0.4) is 0 Å². The molecule has 0 amide bonds. The zero-order chi connectivity index (χ0) is 10.7. The molecule has 0 aliphatic carbocycles. The van der Waals surface area contributed by atoms with Crippen LogP contribution in [-0.2, 0) is 4.74 Å². The van der Waals surface area contributed by atoms with Crippen LogP contribution in [0.5, 0.6) is 11.5 Å². The highest BCUT2D eigenvalue weighted by molar-refractivity contribution is 5.42. The standard InChI is InChI=1S/C12H16O3/c1-9-11(13)5-2-6-12(9)15-10-4-3-7-14-8-10/h2,5-6,10,13H,3-4,7-8H2,1H3. The van der Waals surface area contributed by atoms with E-state index in [2.05, 4.69) is 0 Å². The molecule has 0 bridgehead atoms. The Kier molecular flexibility index (Phi) is 3.11. The second-order valence-corrected chi connectivity index (χ2v) is 3.86. The molecule has 1 aromatic carbocycles. The molecule has 1 heterocycles. The quantitative estimate of drug-likeness (QED) is 0.810. The van der Waals surface area contributed by atoms with Crippen LogP contribution in [0, 0.1) is 6.92 Å². The first-order valence-electron chi connectivity index (χ1n) is 5.30. The molecular formula is C12H16O3. The number of benzene rings is 1. The molecule has 3 nitrogen and oxygen atoms in total. The molecule has 3 heteroatoms. The lowest BCUT2D eigenvalue weighted by Crippen LogP contribution is -2.28. The summed E-state index contributed by atoms with van der Waals surface area (Å²) in [4.78, 5) is 0. The van der Waals surface area contributed by atoms with E-state index >= 15 is 0 Å². The maximum Gasteiger partial charge on any atom is 0.126 e. The fraction of sp³-hybridized carbons (Fsp3) is 0.500. The van der Waals surface area contributed by atoms with Crippen molar-refractivity contribution >= 4 is 0 Å². The van der Waals surface area contributed by atoms with Gasteiger partial charge in [-0.25, -0.2) is 0 Å². The van der Waals surface area contributed by atoms with Gasteiger partial charge in [0.1, 0.15) is 17.6 Å². The van der Waals surface area contributed by atoms with Gasteiger partial charge in [0.05, 0.1) is 6.61 Å². The van der Waals surface area contributed by atoms with Crippen molar-refractivity contribution in [2.24, 2.45) is 0 Å². The third-order valence-corrected chi connectivity index (χ3v) is 2.67. The van der Waals surface area contributed by atoms with Crippen molar-refractivity contribution in [3.05, 3.63) is 23.8 Å². The van der Waals surface area contributed by atoms with Crippen LogP contribution in [0.25, 0.3) is 0 Å². The molecule has 1 aliphatic heterocycles. The molecule has 0 aromatic heterocycles. The number of rotatable bonds is 2. The molecule has 1 fully saturated rings. The van der Waals surface area contributed by atoms with Crippen molar-refractivity contribution in [3.8, 4) is 11.5 Å². The predicted octanol–water partition coefficient (Wildman–Crippen LogP) is 2.26. The lowest BCUT2D eigenvalue weighted by Gasteiger charge is -2.24. The first kappa shape index (κ1) is 10.3. The minimum absolute atomic E-state index is 0.124. The highest BCUT2D eigenvalue weighted by atomic mass is 16.5. The number of phenolic OH excluding ortho intramolecular Hbond substituents is 1. The van der Waals surface area contributed by atoms with Crippen molar-refractivity contribution in [2.75, 3.05) is 13.2 Å². The summed E-state index contributed by atoms with van der Waals surface area (Å²) in [5.74, 6) is 1.04. The van der Waals surface area contributed by atoms with Crippen molar-refractivity contribution in [1.82, 2.24) is 0 Å². The highest BCUT2D eigenvalue weighted by Gasteiger charge is 2.16. The molecule has 2 rings (SSSR count). The molecule has 1 aromatic rings. The summed E-state index contributed by atoms with van der Waals surface area (Å²) >= 11 is 0. The highest BCUT2D eigenvalue weighted by Crippen LogP contribution is 2.27. The molecule has 0 spiro atoms. The molecule has 0 saturated carbocycles. The molecular weight excluding hydrogens is 192 g/mol. The summed E-state index contributed by atoms with van der Waals surface area (Å²) in [5.41, 5.74) is 0.795. The average molecular weight is 208 g/mol. The topological polar surface area (TPSA) is 38.7 Å². The van der Waals surface area contributed by atoms with E-state index in [1.807, 2.05) is 13.0 Å². The molecule has 0 radical (unpaired) electrons. The van der Waals surface area contributed by atoms with Gasteiger partial charge in [-0.2, -0.15) is 0 Å². The van der Waals surface area contributed by atoms with Gasteiger partial charge >= 0.3 is 0 Å². The van der Waals surface area contributed by atoms with E-state index in [1.165, 1.54) is 0 Å². The van der Waals surface area contributed by atoms with Crippen LogP contribution in [0.2, 0.25) is 0 Å². The summed E-state index contributed by atoms with van der Waals surface area (Å²) in [6.07, 6.45) is 2.19. The fourth-order valence-electron chi connectivity index (χ4n) is 1.71. The van der Waals surface area contributed by atoms with Crippen LogP contribution in [0.15, 0.2) is 18.2 Å². The summed E-state index contributed by atoms with van der Waals surface area (Å²) in [5, 5.41) is 9.52. The smallest absolute Gasteiger partial charge is 0.126 e. The van der Waals surface area contributed by atoms with E-state index in [0.717, 1.165) is 30.8 Å². The van der Waals surface area contributed by atoms with Crippen LogP contribution in [-0.4, -0.2) is 24.4 Å². The number of aromatic hydroxyl groups is 1. The monoisotopic (exact) mass is 208 g/mol. The minimum Gasteiger partial charge on any atom is -0.508 e. The number of hydrogen-bond donors (Lipinski definition) is 1. The van der Waals surface area contributed by atoms with Gasteiger partial charge in [0.2, 0.25) is 0 Å². The largest absolute Gasteiger partial charge is 0.508 e. The third-order valence-electron chi connectivity index (χ3n) is 2.67. The lowest BCUT2D eigenvalue weighted by atomic mass is 10.1. The first-order valence-corrected chi connectivity index (χ1v) is 5.30. The average Bonchev–Trinajstić information content (AvgIpc) is 2.26. The second-order valence-electron chi connectivity index (χ2n) is 3.86. The summed E-state index contributed by atoms with van der Waals surface area (Å²) < 4.78 is 11.1. The van der Waals surface area contributed by atoms with Gasteiger partial charge in [0, 0.05) is 12.2 Å². The molecule has 1 saturated heterocycles. The Morgan fingerprint density at radius 2 is 2.33 bits per heavy atom. The van der Waals surface area contributed by atoms with E-state index in [4.69, 9.17) is 9.47 Å². The molecule has 1 N–H and O–H groups in total. The van der Waals surface area contributed by atoms with Crippen LogP contribution in [0.4, 0.5) is 0 Å². The fourth-order valence-corrected chi connectivity index (χ4v) is 1.71. The van der Waals surface area contributed by atoms with Gasteiger partial charge in [0.25, 0.3) is 0 Å². The van der Waals surface area contributed by atoms with Gasteiger partial charge in [0.15, 0.2) is 0 Å². The van der Waals surface area contributed by atoms with Crippen LogP contribution < -0.4 is 4.74 Å². The number of hydrogen-bond acceptors (Lipinski definition) is 3. The van der Waals surface area contributed by atoms with Gasteiger partial charge < -0.3 is 14.6 Å². The molecule has 15 heavy (non-hydrogen) atoms. The van der Waals surface area contributed by atoms with Crippen molar-refractivity contribution in [2.45, 2.75) is 25.9 Å². The second kappa shape index (κ2) is 4.53. The number of ether oxygens (including phenoxy) is 2. The normalized spacial score (nSPS) is 21.3. The van der Waals surface area contributed by atoms with Crippen molar-refractivity contribution in [1.29, 1.82) is 0 Å². The van der Waals surface area contributed by atoms with Gasteiger partial charge in [-0.3, -0.25) is 0 Å². The van der Waals surface area contributed by atoms with E-state index in [0.29, 0.717) is 6.61 Å². The third kappa shape index (κ3) is 2.42. The Bertz CT molecular complexity index is 330. The van der Waals surface area contributed by atoms with Gasteiger partial charge in [-0.1, -0.05) is 6.07 Å².